The minimum absolute atomic E-state index is 0.0401. The molecule has 0 unspecified atom stereocenters. The highest BCUT2D eigenvalue weighted by Gasteiger charge is 2.77. The van der Waals surface area contributed by atoms with Crippen LogP contribution in [0.2, 0.25) is 0 Å². The lowest BCUT2D eigenvalue weighted by molar-refractivity contribution is -0.233. The number of carbonyl (C=O) groups is 1. The molecule has 2 fully saturated rings. The Morgan fingerprint density at radius 1 is 1.08 bits per heavy atom. The molecule has 334 valence electrons. The summed E-state index contributed by atoms with van der Waals surface area (Å²) in [5, 5.41) is 65.0. The fourth-order valence-corrected chi connectivity index (χ4v) is 12.1. The molecule has 1 spiro atoms. The zero-order chi connectivity index (χ0) is 44.1. The van der Waals surface area contributed by atoms with Crippen molar-refractivity contribution >= 4 is 6.29 Å². The van der Waals surface area contributed by atoms with E-state index in [0.29, 0.717) is 57.2 Å². The predicted molar refractivity (Wildman–Crippen MR) is 240 cm³/mol. The number of allylic oxidation sites excluding steroid dienone is 10. The molecule has 4 bridgehead atoms. The van der Waals surface area contributed by atoms with E-state index < -0.39 is 40.1 Å². The van der Waals surface area contributed by atoms with Gasteiger partial charge in [0.25, 0.3) is 0 Å². The summed E-state index contributed by atoms with van der Waals surface area (Å²) in [6.07, 6.45) is 21.5. The maximum atomic E-state index is 13.6. The van der Waals surface area contributed by atoms with Crippen LogP contribution in [0.5, 0.6) is 0 Å². The van der Waals surface area contributed by atoms with Crippen LogP contribution in [0.1, 0.15) is 76.8 Å². The molecule has 1 aliphatic heterocycles. The van der Waals surface area contributed by atoms with Gasteiger partial charge in [-0.1, -0.05) is 90.6 Å². The molecule has 10 nitrogen and oxygen atoms in total. The van der Waals surface area contributed by atoms with Gasteiger partial charge >= 0.3 is 0 Å². The van der Waals surface area contributed by atoms with E-state index >= 15 is 0 Å². The highest BCUT2D eigenvalue weighted by molar-refractivity contribution is 5.75. The fourth-order valence-electron chi connectivity index (χ4n) is 12.1. The van der Waals surface area contributed by atoms with Crippen LogP contribution in [-0.4, -0.2) is 109 Å². The fraction of sp³-hybridized carbons (Fsp3) is 0.588. The van der Waals surface area contributed by atoms with Crippen LogP contribution in [0, 0.1) is 34.5 Å². The second-order valence-corrected chi connectivity index (χ2v) is 18.9. The van der Waals surface area contributed by atoms with Crippen molar-refractivity contribution in [2.75, 3.05) is 53.7 Å². The van der Waals surface area contributed by atoms with Gasteiger partial charge in [-0.15, -0.1) is 0 Å². The van der Waals surface area contributed by atoms with Crippen molar-refractivity contribution in [1.29, 1.82) is 0 Å². The van der Waals surface area contributed by atoms with E-state index in [9.17, 15) is 30.3 Å². The van der Waals surface area contributed by atoms with E-state index in [2.05, 4.69) is 66.6 Å². The number of ether oxygens (including phenoxy) is 2. The number of hydrogen-bond acceptors (Lipinski definition) is 10. The van der Waals surface area contributed by atoms with Gasteiger partial charge in [0, 0.05) is 54.4 Å². The maximum Gasteiger partial charge on any atom is 0.145 e. The summed E-state index contributed by atoms with van der Waals surface area (Å²) in [6.45, 7) is 11.7. The van der Waals surface area contributed by atoms with Crippen LogP contribution in [0.25, 0.3) is 0 Å². The minimum atomic E-state index is -1.53. The van der Waals surface area contributed by atoms with Crippen LogP contribution >= 0.6 is 0 Å². The van der Waals surface area contributed by atoms with Crippen LogP contribution in [-0.2, 0) is 27.1 Å². The molecule has 10 heteroatoms. The van der Waals surface area contributed by atoms with Gasteiger partial charge in [0.15, 0.2) is 0 Å². The summed E-state index contributed by atoms with van der Waals surface area (Å²) in [5.74, 6) is -0.995. The van der Waals surface area contributed by atoms with E-state index in [4.69, 9.17) is 9.47 Å². The standard InChI is InChI=1S/C51H72N2O8/c1-35(40-14-13-36(2)46(57)53-47(4,23-27-60-6)31-39-11-8-10-38(29-39)30-40)9-7-12-42(34-61-28-26-55)43-16-18-50-45-44(37(3)33-56)41(32-49(50,58)21-24-52-5)15-17-48(45,22-25-54)19-20-51(43,50)59/h7-13,15,17,19-20,29,33,40-41,43,45-46,52-55,57-59H,1,14,16,18,21-28,30-32,34H2,2-6H3/t40-,41+,43+,45-,46+,47-,48+,49+,50-,51+/m0/s1. The third kappa shape index (κ3) is 9.08. The number of aliphatic hydroxyl groups is 5. The number of aliphatic hydroxyl groups excluding tert-OH is 3. The molecule has 1 aromatic rings. The van der Waals surface area contributed by atoms with Crippen LogP contribution in [0.4, 0.5) is 0 Å². The monoisotopic (exact) mass is 841 g/mol. The lowest BCUT2D eigenvalue weighted by Crippen LogP contribution is -2.72. The summed E-state index contributed by atoms with van der Waals surface area (Å²) in [6, 6.07) is 8.66. The number of aldehydes is 1. The molecule has 4 aliphatic carbocycles. The van der Waals surface area contributed by atoms with Gasteiger partial charge in [-0.2, -0.15) is 0 Å². The number of benzene rings is 1. The molecular formula is C51H72N2O8. The van der Waals surface area contributed by atoms with Gasteiger partial charge in [0.2, 0.25) is 0 Å². The molecule has 0 amide bonds. The Morgan fingerprint density at radius 3 is 2.59 bits per heavy atom. The molecular weight excluding hydrogens is 769 g/mol. The summed E-state index contributed by atoms with van der Waals surface area (Å²) < 4.78 is 11.4. The van der Waals surface area contributed by atoms with E-state index in [1.165, 1.54) is 11.1 Å². The predicted octanol–water partition coefficient (Wildman–Crippen LogP) is 5.62. The van der Waals surface area contributed by atoms with Crippen LogP contribution in [0.3, 0.4) is 0 Å². The van der Waals surface area contributed by atoms with Gasteiger partial charge in [0.05, 0.1) is 31.0 Å². The highest BCUT2D eigenvalue weighted by atomic mass is 16.5. The molecule has 1 heterocycles. The Balaban J connectivity index is 1.37. The molecule has 7 N–H and O–H groups in total. The molecule has 0 aromatic heterocycles. The van der Waals surface area contributed by atoms with E-state index in [1.54, 1.807) is 7.11 Å². The normalized spacial score (nSPS) is 36.9. The smallest absolute Gasteiger partial charge is 0.145 e. The number of hydrogen-bond donors (Lipinski definition) is 7. The third-order valence-corrected chi connectivity index (χ3v) is 15.1. The Kier molecular flexibility index (Phi) is 15.2. The summed E-state index contributed by atoms with van der Waals surface area (Å²) in [7, 11) is 3.56. The molecule has 2 saturated carbocycles. The van der Waals surface area contributed by atoms with Gasteiger partial charge in [0.1, 0.15) is 12.5 Å². The molecule has 61 heavy (non-hydrogen) atoms. The Labute approximate surface area is 363 Å². The topological polar surface area (TPSA) is 161 Å². The first-order chi connectivity index (χ1) is 29.2. The Morgan fingerprint density at radius 2 is 1.87 bits per heavy atom. The quantitative estimate of drug-likeness (QED) is 0.0345. The minimum Gasteiger partial charge on any atom is -0.396 e. The summed E-state index contributed by atoms with van der Waals surface area (Å²) in [4.78, 5) is 12.6. The zero-order valence-electron chi connectivity index (χ0n) is 37.2. The van der Waals surface area contributed by atoms with E-state index in [0.717, 1.165) is 47.8 Å². The van der Waals surface area contributed by atoms with Crippen molar-refractivity contribution in [3.8, 4) is 0 Å². The number of fused-ring (bicyclic) bond motifs is 3. The van der Waals surface area contributed by atoms with Gasteiger partial charge in [-0.25, -0.2) is 0 Å². The van der Waals surface area contributed by atoms with E-state index in [1.807, 2.05) is 51.3 Å². The van der Waals surface area contributed by atoms with Gasteiger partial charge in [-0.05, 0) is 126 Å². The largest absolute Gasteiger partial charge is 0.396 e. The van der Waals surface area contributed by atoms with Gasteiger partial charge in [-0.3, -0.25) is 10.1 Å². The average molecular weight is 841 g/mol. The maximum absolute atomic E-state index is 13.6. The van der Waals surface area contributed by atoms with Crippen LogP contribution in [0.15, 0.2) is 107 Å². The lowest BCUT2D eigenvalue weighted by atomic mass is 9.37. The van der Waals surface area contributed by atoms with Crippen molar-refractivity contribution in [2.45, 2.75) is 102 Å². The number of nitrogens with one attached hydrogen (secondary N) is 2. The van der Waals surface area contributed by atoms with E-state index in [-0.39, 0.29) is 43.8 Å². The first-order valence-electron chi connectivity index (χ1n) is 22.4. The summed E-state index contributed by atoms with van der Waals surface area (Å²) >= 11 is 0. The number of methoxy groups -OCH3 is 1. The number of rotatable bonds is 17. The molecule has 1 aromatic carbocycles. The van der Waals surface area contributed by atoms with Crippen molar-refractivity contribution < 1.29 is 39.8 Å². The molecule has 10 atom stereocenters. The highest BCUT2D eigenvalue weighted by Crippen LogP contribution is 2.75. The van der Waals surface area contributed by atoms with Crippen LogP contribution < -0.4 is 10.6 Å². The molecule has 5 aliphatic rings. The van der Waals surface area contributed by atoms with Crippen molar-refractivity contribution in [3.63, 3.8) is 0 Å². The van der Waals surface area contributed by atoms with Crippen molar-refractivity contribution in [1.82, 2.24) is 10.6 Å². The summed E-state index contributed by atoms with van der Waals surface area (Å²) in [5.41, 5.74) is 1.61. The number of carbonyl (C=O) groups excluding carboxylic acids is 1. The lowest BCUT2D eigenvalue weighted by Gasteiger charge is -2.68. The van der Waals surface area contributed by atoms with Crippen molar-refractivity contribution in [2.24, 2.45) is 34.5 Å². The van der Waals surface area contributed by atoms with Crippen molar-refractivity contribution in [3.05, 3.63) is 118 Å². The SMILES string of the molecule is C=C(C=CC=C(COCCO)[C@H]1CC[C@@]23[C@H]4C(=C(C)C=O)[C@H](C=C[C@]4(CCO)C=C[C@@]12O)C[C@]3(O)CCNC)[C@H]1CC=C(C)[C@@H](O)N[C@@](C)(CCOC)Cc2cccc(c2)C1. The first-order valence-corrected chi connectivity index (χ1v) is 22.4. The molecule has 6 rings (SSSR count). The Bertz CT molecular complexity index is 1930. The second-order valence-electron chi connectivity index (χ2n) is 18.9. The second kappa shape index (κ2) is 19.6. The Hall–Kier alpha value is -3.29. The average Bonchev–Trinajstić information content (AvgIpc) is 3.56. The zero-order valence-corrected chi connectivity index (χ0v) is 37.2. The van der Waals surface area contributed by atoms with Gasteiger partial charge < -0.3 is 40.3 Å². The third-order valence-electron chi connectivity index (χ3n) is 15.1. The molecule has 0 radical (unpaired) electrons. The molecule has 0 saturated heterocycles. The first kappa shape index (κ1) is 47.2.